The first-order valence-corrected chi connectivity index (χ1v) is 13.0. The number of para-hydroxylation sites is 1. The lowest BCUT2D eigenvalue weighted by Gasteiger charge is -2.26. The zero-order valence-corrected chi connectivity index (χ0v) is 22.1. The number of nitrogens with one attached hydrogen (secondary N) is 4. The van der Waals surface area contributed by atoms with Crippen LogP contribution in [0.25, 0.3) is 10.9 Å². The predicted octanol–water partition coefficient (Wildman–Crippen LogP) is 0.292. The van der Waals surface area contributed by atoms with Crippen LogP contribution in [0.3, 0.4) is 0 Å². The maximum Gasteiger partial charge on any atom is 0.326 e. The Kier molecular flexibility index (Phi) is 11.9. The smallest absolute Gasteiger partial charge is 0.326 e. The lowest BCUT2D eigenvalue weighted by atomic mass is 10.0. The van der Waals surface area contributed by atoms with Crippen LogP contribution in [-0.4, -0.2) is 70.2 Å². The van der Waals surface area contributed by atoms with Gasteiger partial charge in [0, 0.05) is 29.3 Å². The lowest BCUT2D eigenvalue weighted by Crippen LogP contribution is -2.59. The molecule has 0 aliphatic rings. The Morgan fingerprint density at radius 3 is 2.30 bits per heavy atom. The highest BCUT2D eigenvalue weighted by atomic mass is 32.1. The minimum absolute atomic E-state index is 0.0467. The predicted molar refractivity (Wildman–Crippen MR) is 145 cm³/mol. The SMILES string of the molecule is CC(C)C(NC(=O)C(N)CCCCN)C(=O)NC(CS)C(=O)NC(Cc1c[nH]c2ccccc12)C(=O)O. The summed E-state index contributed by atoms with van der Waals surface area (Å²) < 4.78 is 0. The molecule has 37 heavy (non-hydrogen) atoms. The normalized spacial score (nSPS) is 14.5. The number of rotatable bonds is 15. The van der Waals surface area contributed by atoms with E-state index in [2.05, 4.69) is 33.6 Å². The van der Waals surface area contributed by atoms with Gasteiger partial charge in [0.15, 0.2) is 0 Å². The number of aromatic amines is 1. The maximum atomic E-state index is 13.0. The second kappa shape index (κ2) is 14.6. The zero-order chi connectivity index (χ0) is 27.5. The van der Waals surface area contributed by atoms with E-state index in [-0.39, 0.29) is 18.1 Å². The molecule has 0 bridgehead atoms. The fraction of sp³-hybridized carbons (Fsp3) is 0.520. The molecule has 3 amide bonds. The molecule has 2 rings (SSSR count). The summed E-state index contributed by atoms with van der Waals surface area (Å²) in [5, 5.41) is 18.3. The Balaban J connectivity index is 2.04. The number of carboxylic acid groups (broad SMARTS) is 1. The molecule has 2 aromatic rings. The first-order chi connectivity index (χ1) is 17.6. The van der Waals surface area contributed by atoms with Crippen molar-refractivity contribution in [1.82, 2.24) is 20.9 Å². The summed E-state index contributed by atoms with van der Waals surface area (Å²) in [4.78, 5) is 53.4. The Bertz CT molecular complexity index is 1070. The van der Waals surface area contributed by atoms with E-state index in [0.29, 0.717) is 19.4 Å². The summed E-state index contributed by atoms with van der Waals surface area (Å²) in [5.41, 5.74) is 13.0. The molecule has 1 heterocycles. The molecule has 11 nitrogen and oxygen atoms in total. The Morgan fingerprint density at radius 2 is 1.68 bits per heavy atom. The number of hydrogen-bond donors (Lipinski definition) is 8. The van der Waals surface area contributed by atoms with Crippen LogP contribution < -0.4 is 27.4 Å². The van der Waals surface area contributed by atoms with Crippen LogP contribution in [0.4, 0.5) is 0 Å². The minimum Gasteiger partial charge on any atom is -0.480 e. The molecule has 9 N–H and O–H groups in total. The van der Waals surface area contributed by atoms with Gasteiger partial charge < -0.3 is 37.5 Å². The van der Waals surface area contributed by atoms with E-state index in [1.165, 1.54) is 0 Å². The van der Waals surface area contributed by atoms with Gasteiger partial charge in [0.2, 0.25) is 17.7 Å². The highest BCUT2D eigenvalue weighted by Crippen LogP contribution is 2.19. The lowest BCUT2D eigenvalue weighted by molar-refractivity contribution is -0.142. The second-order valence-electron chi connectivity index (χ2n) is 9.33. The van der Waals surface area contributed by atoms with E-state index in [4.69, 9.17) is 11.5 Å². The third kappa shape index (κ3) is 8.76. The van der Waals surface area contributed by atoms with Gasteiger partial charge in [-0.2, -0.15) is 12.6 Å². The van der Waals surface area contributed by atoms with Gasteiger partial charge >= 0.3 is 5.97 Å². The van der Waals surface area contributed by atoms with E-state index in [9.17, 15) is 24.3 Å². The van der Waals surface area contributed by atoms with Crippen molar-refractivity contribution < 1.29 is 24.3 Å². The van der Waals surface area contributed by atoms with Gasteiger partial charge in [-0.05, 0) is 36.9 Å². The fourth-order valence-electron chi connectivity index (χ4n) is 3.88. The average Bonchev–Trinajstić information content (AvgIpc) is 3.27. The van der Waals surface area contributed by atoms with Crippen LogP contribution >= 0.6 is 12.6 Å². The molecule has 0 aliphatic heterocycles. The molecule has 0 aliphatic carbocycles. The van der Waals surface area contributed by atoms with Gasteiger partial charge in [0.25, 0.3) is 0 Å². The van der Waals surface area contributed by atoms with E-state index < -0.39 is 47.9 Å². The number of benzene rings is 1. The number of amides is 3. The van der Waals surface area contributed by atoms with Crippen LogP contribution in [0.5, 0.6) is 0 Å². The minimum atomic E-state index is -1.22. The van der Waals surface area contributed by atoms with Crippen molar-refractivity contribution in [2.75, 3.05) is 12.3 Å². The molecule has 0 saturated carbocycles. The van der Waals surface area contributed by atoms with Gasteiger partial charge in [0.05, 0.1) is 6.04 Å². The monoisotopic (exact) mass is 534 g/mol. The van der Waals surface area contributed by atoms with Crippen molar-refractivity contribution in [3.8, 4) is 0 Å². The van der Waals surface area contributed by atoms with Crippen LogP contribution in [0, 0.1) is 5.92 Å². The number of thiol groups is 1. The third-order valence-electron chi connectivity index (χ3n) is 6.08. The number of fused-ring (bicyclic) bond motifs is 1. The summed E-state index contributed by atoms with van der Waals surface area (Å²) in [6.07, 6.45) is 3.62. The standard InChI is InChI=1S/C25H38N6O5S/c1-14(2)21(31-22(32)17(27)8-5-6-10-26)24(34)30-20(13-37)23(33)29-19(25(35)36)11-15-12-28-18-9-4-3-7-16(15)18/h3-4,7,9,12,14,17,19-21,28,37H,5-6,8,10-11,13,26-27H2,1-2H3,(H,29,33)(H,30,34)(H,31,32)(H,35,36). The molecule has 12 heteroatoms. The van der Waals surface area contributed by atoms with Gasteiger partial charge in [-0.25, -0.2) is 4.79 Å². The molecule has 0 radical (unpaired) electrons. The number of aromatic nitrogens is 1. The Labute approximate surface area is 221 Å². The van der Waals surface area contributed by atoms with Crippen molar-refractivity contribution in [3.05, 3.63) is 36.0 Å². The van der Waals surface area contributed by atoms with E-state index in [1.54, 1.807) is 20.0 Å². The first kappa shape index (κ1) is 30.1. The van der Waals surface area contributed by atoms with Gasteiger partial charge in [-0.1, -0.05) is 38.5 Å². The van der Waals surface area contributed by atoms with E-state index >= 15 is 0 Å². The van der Waals surface area contributed by atoms with Crippen LogP contribution in [0.1, 0.15) is 38.7 Å². The fourth-order valence-corrected chi connectivity index (χ4v) is 4.14. The number of H-pyrrole nitrogens is 1. The highest BCUT2D eigenvalue weighted by molar-refractivity contribution is 7.80. The molecular formula is C25H38N6O5S. The van der Waals surface area contributed by atoms with Crippen LogP contribution in [0.15, 0.2) is 30.5 Å². The summed E-state index contributed by atoms with van der Waals surface area (Å²) in [6, 6.07) is 3.38. The molecule has 204 valence electrons. The second-order valence-corrected chi connectivity index (χ2v) is 9.69. The number of carboxylic acids is 1. The summed E-state index contributed by atoms with van der Waals surface area (Å²) >= 11 is 4.17. The quantitative estimate of drug-likeness (QED) is 0.119. The maximum absolute atomic E-state index is 13.0. The average molecular weight is 535 g/mol. The Hall–Kier alpha value is -3.09. The zero-order valence-electron chi connectivity index (χ0n) is 21.2. The molecule has 4 atom stereocenters. The van der Waals surface area contributed by atoms with Gasteiger partial charge in [-0.3, -0.25) is 14.4 Å². The summed E-state index contributed by atoms with van der Waals surface area (Å²) in [7, 11) is 0. The van der Waals surface area contributed by atoms with E-state index in [0.717, 1.165) is 22.9 Å². The molecule has 4 unspecified atom stereocenters. The molecule has 1 aromatic carbocycles. The largest absolute Gasteiger partial charge is 0.480 e. The van der Waals surface area contributed by atoms with Crippen molar-refractivity contribution in [1.29, 1.82) is 0 Å². The van der Waals surface area contributed by atoms with Crippen LogP contribution in [0.2, 0.25) is 0 Å². The number of carbonyl (C=O) groups excluding carboxylic acids is 3. The summed E-state index contributed by atoms with van der Waals surface area (Å²) in [6.45, 7) is 4.01. The number of carbonyl (C=O) groups is 4. The van der Waals surface area contributed by atoms with E-state index in [1.807, 2.05) is 24.3 Å². The van der Waals surface area contributed by atoms with Gasteiger partial charge in [-0.15, -0.1) is 0 Å². The van der Waals surface area contributed by atoms with Crippen molar-refractivity contribution >= 4 is 47.2 Å². The topological polar surface area (TPSA) is 192 Å². The number of aliphatic carboxylic acids is 1. The highest BCUT2D eigenvalue weighted by Gasteiger charge is 2.31. The van der Waals surface area contributed by atoms with Crippen molar-refractivity contribution in [2.24, 2.45) is 17.4 Å². The Morgan fingerprint density at radius 1 is 1.00 bits per heavy atom. The van der Waals surface area contributed by atoms with Gasteiger partial charge in [0.1, 0.15) is 18.1 Å². The molecule has 0 spiro atoms. The number of unbranched alkanes of at least 4 members (excludes halogenated alkanes) is 1. The molecule has 0 saturated heterocycles. The summed E-state index contributed by atoms with van der Waals surface area (Å²) in [5.74, 6) is -3.33. The van der Waals surface area contributed by atoms with Crippen molar-refractivity contribution in [2.45, 2.75) is 63.7 Å². The van der Waals surface area contributed by atoms with Crippen LogP contribution in [-0.2, 0) is 25.6 Å². The van der Waals surface area contributed by atoms with Crippen molar-refractivity contribution in [3.63, 3.8) is 0 Å². The number of hydrogen-bond acceptors (Lipinski definition) is 7. The third-order valence-corrected chi connectivity index (χ3v) is 6.45. The molecule has 1 aromatic heterocycles. The molecular weight excluding hydrogens is 496 g/mol. The number of nitrogens with two attached hydrogens (primary N) is 2. The molecule has 0 fully saturated rings. The first-order valence-electron chi connectivity index (χ1n) is 12.3.